The average Bonchev–Trinajstić information content (AvgIpc) is 2.91. The lowest BCUT2D eigenvalue weighted by molar-refractivity contribution is -0.301. The monoisotopic (exact) mass is 568 g/mol. The highest BCUT2D eigenvalue weighted by molar-refractivity contribution is 6.99. The zero-order valence-electron chi connectivity index (χ0n) is 22.4. The lowest BCUT2D eigenvalue weighted by atomic mass is 9.99. The third kappa shape index (κ3) is 7.63. The van der Waals surface area contributed by atoms with E-state index in [1.54, 1.807) is 0 Å². The van der Waals surface area contributed by atoms with Crippen molar-refractivity contribution in [1.29, 1.82) is 0 Å². The van der Waals surface area contributed by atoms with Crippen molar-refractivity contribution in [3.8, 4) is 0 Å². The fraction of sp³-hybridized carbons (Fsp3) is 0.571. The first-order valence-electron chi connectivity index (χ1n) is 13.0. The summed E-state index contributed by atoms with van der Waals surface area (Å²) in [6.07, 6.45) is -6.27. The second-order valence-electron chi connectivity index (χ2n) is 10.3. The van der Waals surface area contributed by atoms with E-state index < -0.39 is 39.0 Å². The molecule has 0 saturated carbocycles. The molecule has 0 unspecified atom stereocenters. The molecule has 0 amide bonds. The Morgan fingerprint density at radius 3 is 1.82 bits per heavy atom. The van der Waals surface area contributed by atoms with Crippen molar-refractivity contribution in [2.45, 2.75) is 56.5 Å². The van der Waals surface area contributed by atoms with Crippen LogP contribution in [0, 0.1) is 0 Å². The Morgan fingerprint density at radius 1 is 0.763 bits per heavy atom. The summed E-state index contributed by atoms with van der Waals surface area (Å²) in [5, 5.41) is 33.7. The molecule has 8 nitrogen and oxygen atoms in total. The van der Waals surface area contributed by atoms with Crippen LogP contribution >= 0.6 is 11.6 Å². The second kappa shape index (κ2) is 14.9. The van der Waals surface area contributed by atoms with Gasteiger partial charge in [0.25, 0.3) is 8.32 Å². The summed E-state index contributed by atoms with van der Waals surface area (Å²) >= 11 is 5.56. The van der Waals surface area contributed by atoms with E-state index in [-0.39, 0.29) is 24.9 Å². The quantitative estimate of drug-likeness (QED) is 0.179. The minimum Gasteiger partial charge on any atom is -0.405 e. The predicted molar refractivity (Wildman–Crippen MR) is 149 cm³/mol. The molecule has 212 valence electrons. The van der Waals surface area contributed by atoms with Gasteiger partial charge in [0.1, 0.15) is 24.4 Å². The van der Waals surface area contributed by atoms with Gasteiger partial charge in [-0.25, -0.2) is 0 Å². The lowest BCUT2D eigenvalue weighted by Gasteiger charge is -2.45. The average molecular weight is 569 g/mol. The van der Waals surface area contributed by atoms with Gasteiger partial charge in [0.05, 0.1) is 39.6 Å². The number of aliphatic hydroxyl groups excluding tert-OH is 3. The molecule has 1 aliphatic heterocycles. The van der Waals surface area contributed by atoms with Crippen LogP contribution in [-0.4, -0.2) is 99.9 Å². The van der Waals surface area contributed by atoms with Crippen LogP contribution in [-0.2, 0) is 23.4 Å². The first-order chi connectivity index (χ1) is 18.2. The fourth-order valence-electron chi connectivity index (χ4n) is 4.76. The van der Waals surface area contributed by atoms with Crippen molar-refractivity contribution in [1.82, 2.24) is 0 Å². The maximum Gasteiger partial charge on any atom is 0.261 e. The molecule has 3 rings (SSSR count). The van der Waals surface area contributed by atoms with Gasteiger partial charge in [0, 0.05) is 5.88 Å². The Balaban J connectivity index is 1.72. The van der Waals surface area contributed by atoms with Crippen LogP contribution in [0.4, 0.5) is 0 Å². The van der Waals surface area contributed by atoms with E-state index in [1.165, 1.54) is 0 Å². The van der Waals surface area contributed by atoms with Crippen molar-refractivity contribution in [3.63, 3.8) is 0 Å². The van der Waals surface area contributed by atoms with Crippen LogP contribution in [0.25, 0.3) is 0 Å². The van der Waals surface area contributed by atoms with Gasteiger partial charge >= 0.3 is 0 Å². The molecule has 2 aromatic rings. The number of halogens is 1. The van der Waals surface area contributed by atoms with Gasteiger partial charge in [-0.3, -0.25) is 0 Å². The van der Waals surface area contributed by atoms with Gasteiger partial charge in [-0.1, -0.05) is 81.4 Å². The molecule has 1 saturated heterocycles. The van der Waals surface area contributed by atoms with Gasteiger partial charge in [-0.2, -0.15) is 0 Å². The highest BCUT2D eigenvalue weighted by Gasteiger charge is 2.52. The van der Waals surface area contributed by atoms with Crippen LogP contribution in [0.5, 0.6) is 0 Å². The van der Waals surface area contributed by atoms with E-state index in [1.807, 2.05) is 36.4 Å². The Hall–Kier alpha value is -1.37. The Bertz CT molecular complexity index is 890. The van der Waals surface area contributed by atoms with E-state index >= 15 is 0 Å². The molecule has 2 aromatic carbocycles. The zero-order chi connectivity index (χ0) is 27.6. The SMILES string of the molecule is CC(C)(C)[Si](OC[C@H]1O[C@H](OCCOCCOCCCl)[C@@H](O)[C@@H](O)[C@@H]1O)(c1ccccc1)c1ccccc1. The molecule has 1 heterocycles. The van der Waals surface area contributed by atoms with Crippen LogP contribution in [0.3, 0.4) is 0 Å². The van der Waals surface area contributed by atoms with Crippen molar-refractivity contribution >= 4 is 30.3 Å². The van der Waals surface area contributed by atoms with Crippen LogP contribution in [0.2, 0.25) is 5.04 Å². The Labute approximate surface area is 231 Å². The van der Waals surface area contributed by atoms with E-state index in [4.69, 9.17) is 35.0 Å². The van der Waals surface area contributed by atoms with Gasteiger partial charge in [-0.05, 0) is 15.4 Å². The summed E-state index contributed by atoms with van der Waals surface area (Å²) in [4.78, 5) is 0. The molecular formula is C28H41ClO8Si. The fourth-order valence-corrected chi connectivity index (χ4v) is 9.44. The normalized spacial score (nSPS) is 24.4. The molecule has 0 aliphatic carbocycles. The minimum absolute atomic E-state index is 0.00645. The summed E-state index contributed by atoms with van der Waals surface area (Å²) in [5.41, 5.74) is 0. The molecule has 0 bridgehead atoms. The first kappa shape index (κ1) is 31.2. The van der Waals surface area contributed by atoms with Crippen LogP contribution in [0.15, 0.2) is 60.7 Å². The molecule has 3 N–H and O–H groups in total. The number of ether oxygens (including phenoxy) is 4. The number of alkyl halides is 1. The van der Waals surface area contributed by atoms with Crippen molar-refractivity contribution < 1.29 is 38.7 Å². The van der Waals surface area contributed by atoms with Crippen molar-refractivity contribution in [2.24, 2.45) is 0 Å². The molecule has 10 heteroatoms. The molecule has 0 aromatic heterocycles. The molecule has 1 aliphatic rings. The van der Waals surface area contributed by atoms with Gasteiger partial charge in [-0.15, -0.1) is 11.6 Å². The summed E-state index contributed by atoms with van der Waals surface area (Å²) in [7, 11) is -2.89. The number of aliphatic hydroxyl groups is 3. The standard InChI is InChI=1S/C28H41ClO8Si/c1-28(2,3)38(21-10-6-4-7-11-21,22-12-8-5-9-13-22)36-20-23-24(30)25(31)26(32)27(37-23)35-19-18-34-17-16-33-15-14-29/h4-13,23-27,30-32H,14-20H2,1-3H3/t23-,24-,25+,26+,27+/m1/s1. The number of hydrogen-bond acceptors (Lipinski definition) is 8. The Kier molecular flexibility index (Phi) is 12.2. The zero-order valence-corrected chi connectivity index (χ0v) is 24.1. The van der Waals surface area contributed by atoms with Crippen molar-refractivity contribution in [2.75, 3.05) is 45.5 Å². The summed E-state index contributed by atoms with van der Waals surface area (Å²) < 4.78 is 29.2. The maximum absolute atomic E-state index is 10.8. The lowest BCUT2D eigenvalue weighted by Crippen LogP contribution is -2.68. The summed E-state index contributed by atoms with van der Waals surface area (Å²) in [6.45, 7) is 8.11. The van der Waals surface area contributed by atoms with E-state index in [0.29, 0.717) is 25.7 Å². The Morgan fingerprint density at radius 2 is 1.29 bits per heavy atom. The summed E-state index contributed by atoms with van der Waals surface area (Å²) in [6, 6.07) is 20.2. The third-order valence-corrected chi connectivity index (χ3v) is 11.8. The highest BCUT2D eigenvalue weighted by Crippen LogP contribution is 2.37. The van der Waals surface area contributed by atoms with Gasteiger partial charge < -0.3 is 38.7 Å². The molecule has 0 spiro atoms. The minimum atomic E-state index is -2.89. The maximum atomic E-state index is 10.8. The van der Waals surface area contributed by atoms with E-state index in [2.05, 4.69) is 45.0 Å². The predicted octanol–water partition coefficient (Wildman–Crippen LogP) is 1.66. The first-order valence-corrected chi connectivity index (χ1v) is 15.4. The smallest absolute Gasteiger partial charge is 0.261 e. The topological polar surface area (TPSA) is 107 Å². The van der Waals surface area contributed by atoms with Crippen LogP contribution in [0.1, 0.15) is 20.8 Å². The van der Waals surface area contributed by atoms with Gasteiger partial charge in [0.15, 0.2) is 6.29 Å². The van der Waals surface area contributed by atoms with Crippen LogP contribution < -0.4 is 10.4 Å². The highest BCUT2D eigenvalue weighted by atomic mass is 35.5. The second-order valence-corrected chi connectivity index (χ2v) is 15.0. The van der Waals surface area contributed by atoms with Gasteiger partial charge in [0.2, 0.25) is 0 Å². The van der Waals surface area contributed by atoms with E-state index in [9.17, 15) is 15.3 Å². The number of benzene rings is 2. The number of rotatable bonds is 14. The molecule has 0 radical (unpaired) electrons. The summed E-state index contributed by atoms with van der Waals surface area (Å²) in [5.74, 6) is 0.426. The van der Waals surface area contributed by atoms with E-state index in [0.717, 1.165) is 10.4 Å². The molecule has 5 atom stereocenters. The molecular weight excluding hydrogens is 528 g/mol. The molecule has 1 fully saturated rings. The van der Waals surface area contributed by atoms with Crippen molar-refractivity contribution in [3.05, 3.63) is 60.7 Å². The third-order valence-electron chi connectivity index (χ3n) is 6.65. The molecule has 38 heavy (non-hydrogen) atoms. The number of hydrogen-bond donors (Lipinski definition) is 3. The largest absolute Gasteiger partial charge is 0.405 e.